The van der Waals surface area contributed by atoms with E-state index in [0.29, 0.717) is 6.04 Å². The van der Waals surface area contributed by atoms with Gasteiger partial charge in [-0.15, -0.1) is 0 Å². The van der Waals surface area contributed by atoms with Gasteiger partial charge in [0.2, 0.25) is 0 Å². The highest BCUT2D eigenvalue weighted by Crippen LogP contribution is 2.17. The molecule has 0 spiro atoms. The fourth-order valence-corrected chi connectivity index (χ4v) is 0.895. The maximum atomic E-state index is 10.8. The number of hydrogen-bond acceptors (Lipinski definition) is 2. The van der Waals surface area contributed by atoms with Gasteiger partial charge >= 0.3 is 0 Å². The second kappa shape index (κ2) is 3.56. The lowest BCUT2D eigenvalue weighted by atomic mass is 9.93. The third kappa shape index (κ3) is 1.99. The summed E-state index contributed by atoms with van der Waals surface area (Å²) in [5.74, 6) is -0.118. The van der Waals surface area contributed by atoms with Crippen LogP contribution in [-0.2, 0) is 9.53 Å². The second-order valence-electron chi connectivity index (χ2n) is 2.49. The van der Waals surface area contributed by atoms with Crippen molar-refractivity contribution in [3.05, 3.63) is 6.61 Å². The van der Waals surface area contributed by atoms with Crippen LogP contribution in [0.25, 0.3) is 0 Å². The Labute approximate surface area is 60.7 Å². The van der Waals surface area contributed by atoms with Gasteiger partial charge < -0.3 is 10.1 Å². The van der Waals surface area contributed by atoms with Crippen molar-refractivity contribution in [3.63, 3.8) is 0 Å². The molecule has 1 aliphatic carbocycles. The van der Waals surface area contributed by atoms with Gasteiger partial charge in [0, 0.05) is 13.2 Å². The zero-order valence-corrected chi connectivity index (χ0v) is 6.09. The molecule has 0 bridgehead atoms. The highest BCUT2D eigenvalue weighted by molar-refractivity contribution is 5.83. The summed E-state index contributed by atoms with van der Waals surface area (Å²) >= 11 is 0. The maximum Gasteiger partial charge on any atom is 0.252 e. The highest BCUT2D eigenvalue weighted by atomic mass is 16.5. The fourth-order valence-electron chi connectivity index (χ4n) is 0.895. The summed E-state index contributed by atoms with van der Waals surface area (Å²) in [5.41, 5.74) is 0. The van der Waals surface area contributed by atoms with E-state index >= 15 is 0 Å². The Morgan fingerprint density at radius 1 is 1.70 bits per heavy atom. The third-order valence-corrected chi connectivity index (χ3v) is 1.68. The first-order valence-corrected chi connectivity index (χ1v) is 3.49. The third-order valence-electron chi connectivity index (χ3n) is 1.68. The average molecular weight is 142 g/mol. The molecule has 10 heavy (non-hydrogen) atoms. The average Bonchev–Trinajstić information content (AvgIpc) is 1.80. The molecule has 1 aliphatic rings. The standard InChI is InChI=1S/C7H12NO2/c1-10-5-7(9)8-6-3-2-4-6/h5-6H,2-4H2,1H3,(H,8,9). The summed E-state index contributed by atoms with van der Waals surface area (Å²) in [6, 6.07) is 0.402. The number of hydrogen-bond donors (Lipinski definition) is 1. The van der Waals surface area contributed by atoms with Crippen LogP contribution < -0.4 is 5.32 Å². The van der Waals surface area contributed by atoms with E-state index in [9.17, 15) is 4.79 Å². The van der Waals surface area contributed by atoms with Crippen LogP contribution in [0.2, 0.25) is 0 Å². The van der Waals surface area contributed by atoms with Crippen molar-refractivity contribution in [1.82, 2.24) is 5.32 Å². The van der Waals surface area contributed by atoms with Gasteiger partial charge in [0.1, 0.15) is 0 Å². The molecule has 3 heteroatoms. The molecule has 1 fully saturated rings. The summed E-state index contributed by atoms with van der Waals surface area (Å²) in [6.45, 7) is 1.19. The van der Waals surface area contributed by atoms with E-state index in [0.717, 1.165) is 12.8 Å². The second-order valence-corrected chi connectivity index (χ2v) is 2.49. The Bertz CT molecular complexity index is 121. The number of carbonyl (C=O) groups is 1. The molecular formula is C7H12NO2. The monoisotopic (exact) mass is 142 g/mol. The first kappa shape index (κ1) is 7.54. The Morgan fingerprint density at radius 3 is 2.80 bits per heavy atom. The maximum absolute atomic E-state index is 10.8. The zero-order chi connectivity index (χ0) is 7.40. The van der Waals surface area contributed by atoms with Crippen LogP contribution in [0.15, 0.2) is 0 Å². The number of ether oxygens (including phenoxy) is 1. The van der Waals surface area contributed by atoms with E-state index in [1.165, 1.54) is 20.1 Å². The number of rotatable bonds is 3. The Balaban J connectivity index is 2.05. The Kier molecular flexibility index (Phi) is 2.68. The van der Waals surface area contributed by atoms with Crippen LogP contribution in [-0.4, -0.2) is 19.1 Å². The SMILES string of the molecule is CO[CH]C(=O)NC1CCC1. The van der Waals surface area contributed by atoms with Crippen molar-refractivity contribution >= 4 is 5.91 Å². The van der Waals surface area contributed by atoms with E-state index in [1.54, 1.807) is 0 Å². The lowest BCUT2D eigenvalue weighted by Gasteiger charge is -2.25. The normalized spacial score (nSPS) is 18.1. The lowest BCUT2D eigenvalue weighted by Crippen LogP contribution is -2.39. The zero-order valence-electron chi connectivity index (χ0n) is 6.09. The number of methoxy groups -OCH3 is 1. The topological polar surface area (TPSA) is 38.3 Å². The van der Waals surface area contributed by atoms with Crippen LogP contribution in [0.1, 0.15) is 19.3 Å². The van der Waals surface area contributed by atoms with Crippen molar-refractivity contribution in [3.8, 4) is 0 Å². The van der Waals surface area contributed by atoms with Gasteiger partial charge in [-0.25, -0.2) is 0 Å². The largest absolute Gasteiger partial charge is 0.368 e. The molecule has 0 aromatic rings. The van der Waals surface area contributed by atoms with Gasteiger partial charge in [-0.2, -0.15) is 0 Å². The lowest BCUT2D eigenvalue weighted by molar-refractivity contribution is -0.122. The van der Waals surface area contributed by atoms with Crippen molar-refractivity contribution < 1.29 is 9.53 Å². The number of amides is 1. The molecule has 0 aliphatic heterocycles. The van der Waals surface area contributed by atoms with Crippen LogP contribution in [0.3, 0.4) is 0 Å². The first-order chi connectivity index (χ1) is 4.83. The first-order valence-electron chi connectivity index (χ1n) is 3.49. The van der Waals surface area contributed by atoms with Gasteiger partial charge in [0.25, 0.3) is 5.91 Å². The summed E-state index contributed by atoms with van der Waals surface area (Å²) in [6.07, 6.45) is 3.46. The van der Waals surface area contributed by atoms with Crippen LogP contribution in [0.4, 0.5) is 0 Å². The summed E-state index contributed by atoms with van der Waals surface area (Å²) in [4.78, 5) is 10.8. The van der Waals surface area contributed by atoms with Crippen LogP contribution in [0, 0.1) is 6.61 Å². The fraction of sp³-hybridized carbons (Fsp3) is 0.714. The van der Waals surface area contributed by atoms with E-state index in [1.807, 2.05) is 0 Å². The van der Waals surface area contributed by atoms with Gasteiger partial charge in [-0.05, 0) is 19.3 Å². The minimum absolute atomic E-state index is 0.118. The van der Waals surface area contributed by atoms with Crippen molar-refractivity contribution in [1.29, 1.82) is 0 Å². The molecule has 57 valence electrons. The predicted octanol–water partition coefficient (Wildman–Crippen LogP) is 0.463. The predicted molar refractivity (Wildman–Crippen MR) is 37.1 cm³/mol. The molecule has 0 saturated heterocycles. The molecule has 1 N–H and O–H groups in total. The van der Waals surface area contributed by atoms with Crippen LogP contribution >= 0.6 is 0 Å². The molecule has 0 heterocycles. The van der Waals surface area contributed by atoms with Crippen LogP contribution in [0.5, 0.6) is 0 Å². The van der Waals surface area contributed by atoms with E-state index < -0.39 is 0 Å². The molecule has 0 aromatic carbocycles. The highest BCUT2D eigenvalue weighted by Gasteiger charge is 2.18. The van der Waals surface area contributed by atoms with E-state index in [-0.39, 0.29) is 5.91 Å². The summed E-state index contributed by atoms with van der Waals surface area (Å²) in [5, 5.41) is 2.80. The Morgan fingerprint density at radius 2 is 2.40 bits per heavy atom. The van der Waals surface area contributed by atoms with Gasteiger partial charge in [-0.3, -0.25) is 4.79 Å². The van der Waals surface area contributed by atoms with Crippen molar-refractivity contribution in [2.75, 3.05) is 7.11 Å². The smallest absolute Gasteiger partial charge is 0.252 e. The minimum Gasteiger partial charge on any atom is -0.368 e. The molecule has 0 aromatic heterocycles. The van der Waals surface area contributed by atoms with Gasteiger partial charge in [0.05, 0.1) is 0 Å². The van der Waals surface area contributed by atoms with E-state index in [2.05, 4.69) is 10.1 Å². The summed E-state index contributed by atoms with van der Waals surface area (Å²) < 4.78 is 4.54. The molecule has 1 radical (unpaired) electrons. The molecular weight excluding hydrogens is 130 g/mol. The number of nitrogens with one attached hydrogen (secondary N) is 1. The molecule has 1 saturated carbocycles. The van der Waals surface area contributed by atoms with Gasteiger partial charge in [-0.1, -0.05) is 0 Å². The molecule has 0 unspecified atom stereocenters. The number of carbonyl (C=O) groups excluding carboxylic acids is 1. The summed E-state index contributed by atoms with van der Waals surface area (Å²) in [7, 11) is 1.47. The van der Waals surface area contributed by atoms with Gasteiger partial charge in [0.15, 0.2) is 6.61 Å². The Hall–Kier alpha value is -0.570. The quantitative estimate of drug-likeness (QED) is 0.621. The molecule has 3 nitrogen and oxygen atoms in total. The molecule has 1 rings (SSSR count). The minimum atomic E-state index is -0.118. The van der Waals surface area contributed by atoms with E-state index in [4.69, 9.17) is 0 Å². The molecule has 0 atom stereocenters. The van der Waals surface area contributed by atoms with Crippen molar-refractivity contribution in [2.45, 2.75) is 25.3 Å². The van der Waals surface area contributed by atoms with Crippen molar-refractivity contribution in [2.24, 2.45) is 0 Å². The molecule has 1 amide bonds.